The first kappa shape index (κ1) is 29.7. The van der Waals surface area contributed by atoms with E-state index in [1.807, 2.05) is 60.7 Å². The Morgan fingerprint density at radius 2 is 1.02 bits per heavy atom. The summed E-state index contributed by atoms with van der Waals surface area (Å²) in [4.78, 5) is 46.4. The minimum Gasteiger partial charge on any atom is -0.395 e. The highest BCUT2D eigenvalue weighted by atomic mass is 16.3. The Kier molecular flexibility index (Phi) is 9.12. The number of nitrogens with one attached hydrogen (secondary N) is 4. The summed E-state index contributed by atoms with van der Waals surface area (Å²) in [7, 11) is 0. The fourth-order valence-electron chi connectivity index (χ4n) is 4.42. The van der Waals surface area contributed by atoms with Crippen molar-refractivity contribution in [2.75, 3.05) is 48.4 Å². The van der Waals surface area contributed by atoms with Gasteiger partial charge in [-0.15, -0.1) is 0 Å². The predicted molar refractivity (Wildman–Crippen MR) is 167 cm³/mol. The van der Waals surface area contributed by atoms with Crippen molar-refractivity contribution in [3.63, 3.8) is 0 Å². The van der Waals surface area contributed by atoms with Crippen molar-refractivity contribution in [1.82, 2.24) is 39.0 Å². The molecule has 0 radical (unpaired) electrons. The molecule has 0 unspecified atom stereocenters. The molecule has 4 heterocycles. The first-order chi connectivity index (χ1) is 21.4. The molecule has 228 valence electrons. The fourth-order valence-corrected chi connectivity index (χ4v) is 4.42. The molecule has 0 aliphatic heterocycles. The maximum atomic E-state index is 12.1. The van der Waals surface area contributed by atoms with E-state index < -0.39 is 0 Å². The normalized spacial score (nSPS) is 11.0. The maximum absolute atomic E-state index is 12.1. The van der Waals surface area contributed by atoms with Gasteiger partial charge in [-0.1, -0.05) is 60.7 Å². The Balaban J connectivity index is 0.000000175. The number of hydrogen-bond donors (Lipinski definition) is 8. The highest BCUT2D eigenvalue weighted by Gasteiger charge is 2.15. The summed E-state index contributed by atoms with van der Waals surface area (Å²) in [6, 6.07) is 19.2. The van der Waals surface area contributed by atoms with Crippen LogP contribution in [0, 0.1) is 0 Å². The van der Waals surface area contributed by atoms with Crippen LogP contribution < -0.4 is 33.5 Å². The molecule has 0 bridgehead atoms. The van der Waals surface area contributed by atoms with E-state index in [0.717, 1.165) is 11.1 Å². The van der Waals surface area contributed by atoms with Crippen molar-refractivity contribution in [1.29, 1.82) is 0 Å². The van der Waals surface area contributed by atoms with Crippen LogP contribution in [0.4, 0.5) is 23.5 Å². The molecule has 0 aliphatic rings. The van der Waals surface area contributed by atoms with Crippen molar-refractivity contribution in [3.8, 4) is 0 Å². The monoisotopic (exact) mass is 600 g/mol. The van der Waals surface area contributed by atoms with E-state index in [-0.39, 0.29) is 48.1 Å². The highest BCUT2D eigenvalue weighted by Crippen LogP contribution is 2.18. The van der Waals surface area contributed by atoms with E-state index in [1.165, 1.54) is 9.13 Å². The average molecular weight is 601 g/mol. The third-order valence-electron chi connectivity index (χ3n) is 6.46. The van der Waals surface area contributed by atoms with Crippen LogP contribution in [0.25, 0.3) is 22.3 Å². The van der Waals surface area contributed by atoms with Gasteiger partial charge in [-0.3, -0.25) is 9.13 Å². The molecule has 6 rings (SSSR count). The molecule has 6 aromatic rings. The molecule has 4 aromatic heterocycles. The molecule has 0 aliphatic carbocycles. The van der Waals surface area contributed by atoms with Crippen LogP contribution in [0.5, 0.6) is 0 Å². The van der Waals surface area contributed by atoms with Gasteiger partial charge in [0.15, 0.2) is 22.9 Å². The number of imidazole rings is 2. The quantitative estimate of drug-likeness (QED) is 0.106. The number of aromatic nitrogens is 8. The number of hydrogen-bond acceptors (Lipinski definition) is 12. The number of benzene rings is 2. The van der Waals surface area contributed by atoms with Crippen LogP contribution >= 0.6 is 0 Å². The number of fused-ring (bicyclic) bond motifs is 2. The molecule has 10 N–H and O–H groups in total. The molecule has 0 saturated heterocycles. The SMILES string of the molecule is Nc1nc(NCCO)nc2c1[nH]c(=O)n2Cc1ccccc1.Nc1nc(NCCO)nc2c1[nH]c(=O)n2Cc1ccccc1. The summed E-state index contributed by atoms with van der Waals surface area (Å²) in [6.45, 7) is 1.28. The molecule has 0 amide bonds. The summed E-state index contributed by atoms with van der Waals surface area (Å²) >= 11 is 0. The summed E-state index contributed by atoms with van der Waals surface area (Å²) in [5.74, 6) is 0.934. The third-order valence-corrected chi connectivity index (χ3v) is 6.46. The molecule has 44 heavy (non-hydrogen) atoms. The topological polar surface area (TPSA) is 244 Å². The van der Waals surface area contributed by atoms with E-state index >= 15 is 0 Å². The summed E-state index contributed by atoms with van der Waals surface area (Å²) in [5.41, 5.74) is 14.8. The number of H-pyrrole nitrogens is 2. The van der Waals surface area contributed by atoms with Crippen LogP contribution in [0.1, 0.15) is 11.1 Å². The number of rotatable bonds is 10. The number of nitrogens with two attached hydrogens (primary N) is 2. The van der Waals surface area contributed by atoms with Gasteiger partial charge < -0.3 is 42.3 Å². The fraction of sp³-hybridized carbons (Fsp3) is 0.214. The second kappa shape index (κ2) is 13.5. The van der Waals surface area contributed by atoms with Crippen LogP contribution in [-0.2, 0) is 13.1 Å². The average Bonchev–Trinajstić information content (AvgIpc) is 3.52. The first-order valence-electron chi connectivity index (χ1n) is 13.7. The number of nitrogens with zero attached hydrogens (tertiary/aromatic N) is 6. The molecule has 0 atom stereocenters. The van der Waals surface area contributed by atoms with Crippen LogP contribution in [0.2, 0.25) is 0 Å². The predicted octanol–water partition coefficient (Wildman–Crippen LogP) is 0.309. The van der Waals surface area contributed by atoms with Gasteiger partial charge in [0.1, 0.15) is 11.0 Å². The van der Waals surface area contributed by atoms with Gasteiger partial charge in [0, 0.05) is 13.1 Å². The Morgan fingerprint density at radius 3 is 1.39 bits per heavy atom. The number of aliphatic hydroxyl groups excluding tert-OH is 2. The number of nitrogen functional groups attached to an aromatic ring is 2. The van der Waals surface area contributed by atoms with E-state index in [1.54, 1.807) is 0 Å². The van der Waals surface area contributed by atoms with E-state index in [0.29, 0.717) is 48.5 Å². The van der Waals surface area contributed by atoms with E-state index in [4.69, 9.17) is 21.7 Å². The van der Waals surface area contributed by atoms with E-state index in [2.05, 4.69) is 40.5 Å². The zero-order chi connectivity index (χ0) is 31.1. The second-order valence-electron chi connectivity index (χ2n) is 9.57. The first-order valence-corrected chi connectivity index (χ1v) is 13.7. The van der Waals surface area contributed by atoms with Gasteiger partial charge in [-0.25, -0.2) is 9.59 Å². The molecular formula is C28H32N12O4. The Morgan fingerprint density at radius 1 is 0.636 bits per heavy atom. The second-order valence-corrected chi connectivity index (χ2v) is 9.57. The maximum Gasteiger partial charge on any atom is 0.328 e. The Labute approximate surface area is 249 Å². The lowest BCUT2D eigenvalue weighted by molar-refractivity contribution is 0.310. The van der Waals surface area contributed by atoms with Gasteiger partial charge >= 0.3 is 11.4 Å². The van der Waals surface area contributed by atoms with Gasteiger partial charge in [0.05, 0.1) is 26.3 Å². The lowest BCUT2D eigenvalue weighted by atomic mass is 10.2. The summed E-state index contributed by atoms with van der Waals surface area (Å²) in [5, 5.41) is 23.4. The van der Waals surface area contributed by atoms with Crippen molar-refractivity contribution in [2.24, 2.45) is 0 Å². The number of aliphatic hydroxyl groups is 2. The highest BCUT2D eigenvalue weighted by molar-refractivity contribution is 5.83. The molecule has 2 aromatic carbocycles. The Hall–Kier alpha value is -5.74. The van der Waals surface area contributed by atoms with Crippen LogP contribution in [0.15, 0.2) is 70.3 Å². The molecule has 0 fully saturated rings. The minimum absolute atomic E-state index is 0.0503. The zero-order valence-electron chi connectivity index (χ0n) is 23.6. The minimum atomic E-state index is -0.292. The molecule has 16 heteroatoms. The summed E-state index contributed by atoms with van der Waals surface area (Å²) < 4.78 is 3.01. The number of anilines is 4. The molecule has 0 saturated carbocycles. The standard InChI is InChI=1S/2C14H16N6O2/c2*15-11-10-12(19-13(18-11)16-6-7-21)20(14(22)17-10)8-9-4-2-1-3-5-9/h2*1-5,21H,6-8H2,(H,17,22)(H3,15,16,18,19). The summed E-state index contributed by atoms with van der Waals surface area (Å²) in [6.07, 6.45) is 0. The molecular weight excluding hydrogens is 568 g/mol. The van der Waals surface area contributed by atoms with Crippen LogP contribution in [-0.4, -0.2) is 75.6 Å². The van der Waals surface area contributed by atoms with Gasteiger partial charge in [-0.05, 0) is 11.1 Å². The molecule has 16 nitrogen and oxygen atoms in total. The van der Waals surface area contributed by atoms with Crippen molar-refractivity contribution in [3.05, 3.63) is 92.8 Å². The van der Waals surface area contributed by atoms with Crippen molar-refractivity contribution in [2.45, 2.75) is 13.1 Å². The Bertz CT molecular complexity index is 1820. The van der Waals surface area contributed by atoms with Crippen LogP contribution in [0.3, 0.4) is 0 Å². The van der Waals surface area contributed by atoms with Gasteiger partial charge in [0.25, 0.3) is 0 Å². The lowest BCUT2D eigenvalue weighted by Gasteiger charge is -2.06. The molecule has 0 spiro atoms. The van der Waals surface area contributed by atoms with E-state index in [9.17, 15) is 9.59 Å². The zero-order valence-corrected chi connectivity index (χ0v) is 23.6. The smallest absolute Gasteiger partial charge is 0.328 e. The van der Waals surface area contributed by atoms with Gasteiger partial charge in [0.2, 0.25) is 11.9 Å². The number of aromatic amines is 2. The third kappa shape index (κ3) is 6.66. The van der Waals surface area contributed by atoms with Gasteiger partial charge in [-0.2, -0.15) is 19.9 Å². The van der Waals surface area contributed by atoms with Crippen molar-refractivity contribution < 1.29 is 10.2 Å². The largest absolute Gasteiger partial charge is 0.395 e. The van der Waals surface area contributed by atoms with Crippen molar-refractivity contribution >= 4 is 45.9 Å². The lowest BCUT2D eigenvalue weighted by Crippen LogP contribution is -2.18.